The third-order valence-electron chi connectivity index (χ3n) is 1.90. The highest BCUT2D eigenvalue weighted by molar-refractivity contribution is 9.09. The molecule has 1 aromatic carbocycles. The maximum atomic E-state index is 10.8. The van der Waals surface area contributed by atoms with Gasteiger partial charge in [0.15, 0.2) is 0 Å². The van der Waals surface area contributed by atoms with Gasteiger partial charge in [0.2, 0.25) is 0 Å². The highest BCUT2D eigenvalue weighted by Gasteiger charge is 2.09. The van der Waals surface area contributed by atoms with Gasteiger partial charge in [0.05, 0.1) is 6.61 Å². The Labute approximate surface area is 97.2 Å². The largest absolute Gasteiger partial charge is 0.493 e. The van der Waals surface area contributed by atoms with Crippen molar-refractivity contribution in [2.24, 2.45) is 0 Å². The summed E-state index contributed by atoms with van der Waals surface area (Å²) in [4.78, 5) is 10.8. The Kier molecular flexibility index (Phi) is 5.18. The molecule has 1 aromatic rings. The molecular formula is C11H13BrO3. The van der Waals surface area contributed by atoms with Crippen molar-refractivity contribution in [1.82, 2.24) is 0 Å². The molecule has 0 saturated carbocycles. The molecule has 0 bridgehead atoms. The van der Waals surface area contributed by atoms with Gasteiger partial charge in [0.25, 0.3) is 0 Å². The molecule has 0 atom stereocenters. The van der Waals surface area contributed by atoms with E-state index in [0.29, 0.717) is 12.4 Å². The summed E-state index contributed by atoms with van der Waals surface area (Å²) in [6.07, 6.45) is 1.94. The van der Waals surface area contributed by atoms with Crippen molar-refractivity contribution in [3.05, 3.63) is 29.8 Å². The molecule has 0 heterocycles. The second-order valence-electron chi connectivity index (χ2n) is 3.05. The van der Waals surface area contributed by atoms with Crippen LogP contribution in [0.3, 0.4) is 0 Å². The predicted molar refractivity (Wildman–Crippen MR) is 61.9 cm³/mol. The van der Waals surface area contributed by atoms with Crippen LogP contribution >= 0.6 is 15.9 Å². The maximum absolute atomic E-state index is 10.8. The number of unbranched alkanes of at least 4 members (excludes halogenated alkanes) is 1. The predicted octanol–water partition coefficient (Wildman–Crippen LogP) is 2.94. The Hall–Kier alpha value is -1.03. The highest BCUT2D eigenvalue weighted by Crippen LogP contribution is 2.17. The van der Waals surface area contributed by atoms with E-state index in [1.165, 1.54) is 0 Å². The molecule has 0 radical (unpaired) electrons. The van der Waals surface area contributed by atoms with Gasteiger partial charge >= 0.3 is 5.97 Å². The zero-order valence-corrected chi connectivity index (χ0v) is 9.87. The molecule has 0 amide bonds. The van der Waals surface area contributed by atoms with Gasteiger partial charge in [-0.1, -0.05) is 28.1 Å². The Morgan fingerprint density at radius 3 is 2.73 bits per heavy atom. The van der Waals surface area contributed by atoms with Gasteiger partial charge < -0.3 is 9.84 Å². The topological polar surface area (TPSA) is 46.5 Å². The van der Waals surface area contributed by atoms with E-state index in [4.69, 9.17) is 9.84 Å². The third kappa shape index (κ3) is 3.91. The van der Waals surface area contributed by atoms with E-state index in [9.17, 15) is 4.79 Å². The quantitative estimate of drug-likeness (QED) is 0.640. The number of para-hydroxylation sites is 1. The van der Waals surface area contributed by atoms with Crippen LogP contribution in [0.25, 0.3) is 0 Å². The van der Waals surface area contributed by atoms with Crippen LogP contribution in [0.2, 0.25) is 0 Å². The molecular weight excluding hydrogens is 260 g/mol. The third-order valence-corrected chi connectivity index (χ3v) is 2.46. The summed E-state index contributed by atoms with van der Waals surface area (Å²) in [5.74, 6) is -0.509. The second kappa shape index (κ2) is 6.45. The number of alkyl halides is 1. The number of hydrogen-bond donors (Lipinski definition) is 1. The van der Waals surface area contributed by atoms with Crippen LogP contribution in [0.5, 0.6) is 5.75 Å². The van der Waals surface area contributed by atoms with E-state index in [2.05, 4.69) is 15.9 Å². The number of halogens is 1. The van der Waals surface area contributed by atoms with Crippen molar-refractivity contribution in [3.63, 3.8) is 0 Å². The molecule has 0 spiro atoms. The number of carboxylic acids is 1. The molecule has 3 nitrogen and oxygen atoms in total. The van der Waals surface area contributed by atoms with Crippen molar-refractivity contribution < 1.29 is 14.6 Å². The lowest BCUT2D eigenvalue weighted by molar-refractivity contribution is 0.0692. The zero-order valence-electron chi connectivity index (χ0n) is 8.28. The fourth-order valence-electron chi connectivity index (χ4n) is 1.15. The van der Waals surface area contributed by atoms with Crippen LogP contribution in [0.1, 0.15) is 23.2 Å². The van der Waals surface area contributed by atoms with E-state index < -0.39 is 5.97 Å². The summed E-state index contributed by atoms with van der Waals surface area (Å²) in [6, 6.07) is 6.68. The highest BCUT2D eigenvalue weighted by atomic mass is 79.9. The molecule has 0 saturated heterocycles. The Balaban J connectivity index is 2.56. The van der Waals surface area contributed by atoms with Gasteiger partial charge in [-0.15, -0.1) is 0 Å². The summed E-state index contributed by atoms with van der Waals surface area (Å²) in [6.45, 7) is 0.551. The molecule has 0 aliphatic carbocycles. The van der Waals surface area contributed by atoms with E-state index in [0.717, 1.165) is 18.2 Å². The minimum atomic E-state index is -0.953. The first kappa shape index (κ1) is 12.0. The number of carbonyl (C=O) groups is 1. The fraction of sp³-hybridized carbons (Fsp3) is 0.364. The second-order valence-corrected chi connectivity index (χ2v) is 3.84. The number of ether oxygens (including phenoxy) is 1. The number of carboxylic acid groups (broad SMARTS) is 1. The average molecular weight is 273 g/mol. The Bertz CT molecular complexity index is 325. The van der Waals surface area contributed by atoms with Gasteiger partial charge in [0, 0.05) is 5.33 Å². The van der Waals surface area contributed by atoms with E-state index in [1.807, 2.05) is 0 Å². The van der Waals surface area contributed by atoms with Crippen molar-refractivity contribution in [3.8, 4) is 5.75 Å². The fourth-order valence-corrected chi connectivity index (χ4v) is 1.54. The summed E-state index contributed by atoms with van der Waals surface area (Å²) < 4.78 is 5.40. The van der Waals surface area contributed by atoms with E-state index in [1.54, 1.807) is 24.3 Å². The molecule has 1 N–H and O–H groups in total. The normalized spacial score (nSPS) is 9.93. The molecule has 0 aliphatic heterocycles. The lowest BCUT2D eigenvalue weighted by Crippen LogP contribution is -2.04. The number of benzene rings is 1. The zero-order chi connectivity index (χ0) is 11.1. The molecule has 0 unspecified atom stereocenters. The molecule has 0 fully saturated rings. The van der Waals surface area contributed by atoms with Crippen molar-refractivity contribution in [1.29, 1.82) is 0 Å². The average Bonchev–Trinajstić information content (AvgIpc) is 2.25. The molecule has 0 aromatic heterocycles. The SMILES string of the molecule is O=C(O)c1ccccc1OCCCCBr. The van der Waals surface area contributed by atoms with Crippen molar-refractivity contribution in [2.75, 3.05) is 11.9 Å². The lowest BCUT2D eigenvalue weighted by Gasteiger charge is -2.07. The number of aromatic carboxylic acids is 1. The monoisotopic (exact) mass is 272 g/mol. The van der Waals surface area contributed by atoms with Crippen molar-refractivity contribution >= 4 is 21.9 Å². The first-order valence-electron chi connectivity index (χ1n) is 4.77. The number of rotatable bonds is 6. The van der Waals surface area contributed by atoms with Gasteiger partial charge in [-0.05, 0) is 25.0 Å². The van der Waals surface area contributed by atoms with Crippen molar-refractivity contribution in [2.45, 2.75) is 12.8 Å². The summed E-state index contributed by atoms with van der Waals surface area (Å²) in [7, 11) is 0. The lowest BCUT2D eigenvalue weighted by atomic mass is 10.2. The van der Waals surface area contributed by atoms with Gasteiger partial charge in [0.1, 0.15) is 11.3 Å². The van der Waals surface area contributed by atoms with Crippen LogP contribution in [-0.2, 0) is 0 Å². The van der Waals surface area contributed by atoms with Gasteiger partial charge in [-0.2, -0.15) is 0 Å². The first-order chi connectivity index (χ1) is 7.25. The molecule has 1 rings (SSSR count). The number of hydrogen-bond acceptors (Lipinski definition) is 2. The maximum Gasteiger partial charge on any atom is 0.339 e. The Morgan fingerprint density at radius 2 is 2.07 bits per heavy atom. The van der Waals surface area contributed by atoms with Crippen LogP contribution in [0.4, 0.5) is 0 Å². The molecule has 82 valence electrons. The van der Waals surface area contributed by atoms with Gasteiger partial charge in [-0.25, -0.2) is 4.79 Å². The minimum absolute atomic E-state index is 0.219. The first-order valence-corrected chi connectivity index (χ1v) is 5.89. The smallest absolute Gasteiger partial charge is 0.339 e. The summed E-state index contributed by atoms with van der Waals surface area (Å²) >= 11 is 3.32. The van der Waals surface area contributed by atoms with Crippen LogP contribution in [0.15, 0.2) is 24.3 Å². The molecule has 0 aliphatic rings. The Morgan fingerprint density at radius 1 is 1.33 bits per heavy atom. The summed E-state index contributed by atoms with van der Waals surface area (Å²) in [5.41, 5.74) is 0.219. The van der Waals surface area contributed by atoms with Crippen LogP contribution in [-0.4, -0.2) is 23.0 Å². The molecule has 4 heteroatoms. The molecule has 15 heavy (non-hydrogen) atoms. The van der Waals surface area contributed by atoms with E-state index in [-0.39, 0.29) is 5.56 Å². The summed E-state index contributed by atoms with van der Waals surface area (Å²) in [5, 5.41) is 9.82. The van der Waals surface area contributed by atoms with E-state index >= 15 is 0 Å². The van der Waals surface area contributed by atoms with Crippen LogP contribution in [0, 0.1) is 0 Å². The van der Waals surface area contributed by atoms with Crippen LogP contribution < -0.4 is 4.74 Å². The minimum Gasteiger partial charge on any atom is -0.493 e. The van der Waals surface area contributed by atoms with Gasteiger partial charge in [-0.3, -0.25) is 0 Å². The standard InChI is InChI=1S/C11H13BrO3/c12-7-3-4-8-15-10-6-2-1-5-9(10)11(13)14/h1-2,5-6H,3-4,7-8H2,(H,13,14).